The first kappa shape index (κ1) is 33.0. The Morgan fingerprint density at radius 1 is 0.477 bits per heavy atom. The van der Waals surface area contributed by atoms with Crippen molar-refractivity contribution in [3.05, 3.63) is 119 Å². The maximum absolute atomic E-state index is 9.94. The van der Waals surface area contributed by atoms with E-state index in [-0.39, 0.29) is 0 Å². The van der Waals surface area contributed by atoms with E-state index in [1.54, 1.807) is 0 Å². The first-order valence-electron chi connectivity index (χ1n) is 17.2. The van der Waals surface area contributed by atoms with E-state index in [1.807, 2.05) is 6.08 Å². The Hall–Kier alpha value is -3.89. The van der Waals surface area contributed by atoms with Crippen LogP contribution >= 0.6 is 0 Å². The van der Waals surface area contributed by atoms with Gasteiger partial charge in [0.2, 0.25) is 0 Å². The minimum absolute atomic E-state index is 0.678. The van der Waals surface area contributed by atoms with E-state index in [2.05, 4.69) is 117 Å². The van der Waals surface area contributed by atoms with Crippen molar-refractivity contribution in [2.75, 3.05) is 0 Å². The van der Waals surface area contributed by atoms with Gasteiger partial charge < -0.3 is 0 Å². The summed E-state index contributed by atoms with van der Waals surface area (Å²) in [5.74, 6) is 0. The fourth-order valence-electron chi connectivity index (χ4n) is 5.91. The van der Waals surface area contributed by atoms with Crippen molar-refractivity contribution >= 4 is 11.6 Å². The molecule has 4 aromatic rings. The fourth-order valence-corrected chi connectivity index (χ4v) is 5.91. The number of hydrogen-bond acceptors (Lipinski definition) is 1. The molecule has 0 spiro atoms. The Balaban J connectivity index is 1.30. The molecule has 0 saturated carbocycles. The molecular formula is C43H51N. The third kappa shape index (κ3) is 10.7. The summed E-state index contributed by atoms with van der Waals surface area (Å²) < 4.78 is 0. The van der Waals surface area contributed by atoms with E-state index in [0.29, 0.717) is 5.57 Å². The average molecular weight is 582 g/mol. The molecule has 4 aromatic carbocycles. The van der Waals surface area contributed by atoms with E-state index in [4.69, 9.17) is 0 Å². The molecule has 0 aromatic heterocycles. The van der Waals surface area contributed by atoms with Gasteiger partial charge >= 0.3 is 0 Å². The maximum atomic E-state index is 9.94. The number of unbranched alkanes of at least 4 members (excludes halogenated alkanes) is 10. The van der Waals surface area contributed by atoms with E-state index in [9.17, 15) is 5.26 Å². The van der Waals surface area contributed by atoms with Crippen molar-refractivity contribution in [2.45, 2.75) is 104 Å². The lowest BCUT2D eigenvalue weighted by atomic mass is 9.97. The lowest BCUT2D eigenvalue weighted by Gasteiger charge is -2.07. The standard InChI is InChI=1S/C43H51N/c1-3-5-7-9-11-13-15-35-17-23-38(24-18-35)40-27-21-37(22-28-40)33-43(34-44)42-31-29-41(30-32-42)39-25-19-36(20-26-39)16-14-12-10-8-6-4-2/h17-33H,3-16H2,1-2H3/b43-33+. The number of nitriles is 1. The third-order valence-corrected chi connectivity index (χ3v) is 8.75. The minimum Gasteiger partial charge on any atom is -0.192 e. The van der Waals surface area contributed by atoms with Crippen molar-refractivity contribution in [1.29, 1.82) is 5.26 Å². The highest BCUT2D eigenvalue weighted by Crippen LogP contribution is 2.26. The van der Waals surface area contributed by atoms with Crippen LogP contribution in [-0.2, 0) is 12.8 Å². The van der Waals surface area contributed by atoms with Gasteiger partial charge in [-0.05, 0) is 76.3 Å². The molecular weight excluding hydrogens is 530 g/mol. The van der Waals surface area contributed by atoms with Crippen molar-refractivity contribution in [3.8, 4) is 28.3 Å². The van der Waals surface area contributed by atoms with Gasteiger partial charge in [-0.25, -0.2) is 0 Å². The molecule has 0 bridgehead atoms. The van der Waals surface area contributed by atoms with E-state index >= 15 is 0 Å². The van der Waals surface area contributed by atoms with Gasteiger partial charge in [-0.1, -0.05) is 175 Å². The lowest BCUT2D eigenvalue weighted by Crippen LogP contribution is -1.88. The Kier molecular flexibility index (Phi) is 14.0. The molecule has 0 fully saturated rings. The van der Waals surface area contributed by atoms with Gasteiger partial charge in [-0.15, -0.1) is 0 Å². The van der Waals surface area contributed by atoms with Crippen LogP contribution in [0.4, 0.5) is 0 Å². The van der Waals surface area contributed by atoms with Crippen LogP contribution in [0.15, 0.2) is 97.1 Å². The summed E-state index contributed by atoms with van der Waals surface area (Å²) in [4.78, 5) is 0. The van der Waals surface area contributed by atoms with Crippen LogP contribution < -0.4 is 0 Å². The molecule has 228 valence electrons. The summed E-state index contributed by atoms with van der Waals surface area (Å²) in [5.41, 5.74) is 10.3. The summed E-state index contributed by atoms with van der Waals surface area (Å²) in [6.07, 6.45) is 20.3. The topological polar surface area (TPSA) is 23.8 Å². The molecule has 44 heavy (non-hydrogen) atoms. The summed E-state index contributed by atoms with van der Waals surface area (Å²) >= 11 is 0. The maximum Gasteiger partial charge on any atom is 0.0998 e. The largest absolute Gasteiger partial charge is 0.192 e. The number of hydrogen-bond donors (Lipinski definition) is 0. The van der Waals surface area contributed by atoms with Gasteiger partial charge in [0.15, 0.2) is 0 Å². The van der Waals surface area contributed by atoms with Gasteiger partial charge in [0.05, 0.1) is 11.6 Å². The number of nitrogens with zero attached hydrogens (tertiary/aromatic N) is 1. The molecule has 0 N–H and O–H groups in total. The highest BCUT2D eigenvalue weighted by Gasteiger charge is 2.05. The Morgan fingerprint density at radius 2 is 0.841 bits per heavy atom. The fraction of sp³-hybridized carbons (Fsp3) is 0.372. The molecule has 0 aliphatic carbocycles. The zero-order valence-corrected chi connectivity index (χ0v) is 27.2. The average Bonchev–Trinajstić information content (AvgIpc) is 3.08. The molecule has 0 atom stereocenters. The number of aryl methyl sites for hydroxylation is 2. The molecule has 0 radical (unpaired) electrons. The van der Waals surface area contributed by atoms with Gasteiger partial charge in [-0.3, -0.25) is 0 Å². The Bertz CT molecular complexity index is 1430. The van der Waals surface area contributed by atoms with E-state index < -0.39 is 0 Å². The second-order valence-corrected chi connectivity index (χ2v) is 12.3. The number of benzene rings is 4. The summed E-state index contributed by atoms with van der Waals surface area (Å²) in [7, 11) is 0. The second-order valence-electron chi connectivity index (χ2n) is 12.3. The van der Waals surface area contributed by atoms with Gasteiger partial charge in [0.1, 0.15) is 0 Å². The molecule has 0 aliphatic rings. The summed E-state index contributed by atoms with van der Waals surface area (Å²) in [6.45, 7) is 4.54. The molecule has 0 amide bonds. The monoisotopic (exact) mass is 581 g/mol. The normalized spacial score (nSPS) is 11.4. The van der Waals surface area contributed by atoms with E-state index in [0.717, 1.165) is 17.5 Å². The lowest BCUT2D eigenvalue weighted by molar-refractivity contribution is 0.607. The predicted molar refractivity (Wildman–Crippen MR) is 191 cm³/mol. The quantitative estimate of drug-likeness (QED) is 0.0651. The Labute approximate surface area is 267 Å². The highest BCUT2D eigenvalue weighted by molar-refractivity contribution is 5.90. The van der Waals surface area contributed by atoms with Crippen LogP contribution in [0.3, 0.4) is 0 Å². The van der Waals surface area contributed by atoms with Crippen LogP contribution in [-0.4, -0.2) is 0 Å². The number of rotatable bonds is 18. The molecule has 4 rings (SSSR count). The second kappa shape index (κ2) is 18.7. The SMILES string of the molecule is CCCCCCCCc1ccc(-c2ccc(/C=C(\C#N)c3ccc(-c4ccc(CCCCCCCC)cc4)cc3)cc2)cc1. The summed E-state index contributed by atoms with van der Waals surface area (Å²) in [6, 6.07) is 37.4. The van der Waals surface area contributed by atoms with E-state index in [1.165, 1.54) is 117 Å². The van der Waals surface area contributed by atoms with Gasteiger partial charge in [0.25, 0.3) is 0 Å². The predicted octanol–water partition coefficient (Wildman–Crippen LogP) is 12.9. The van der Waals surface area contributed by atoms with Gasteiger partial charge in [0, 0.05) is 0 Å². The zero-order valence-electron chi connectivity index (χ0n) is 27.2. The molecule has 0 unspecified atom stereocenters. The highest BCUT2D eigenvalue weighted by atomic mass is 14.2. The van der Waals surface area contributed by atoms with Crippen LogP contribution in [0.25, 0.3) is 33.9 Å². The van der Waals surface area contributed by atoms with Crippen molar-refractivity contribution in [2.24, 2.45) is 0 Å². The molecule has 1 heteroatoms. The van der Waals surface area contributed by atoms with Crippen molar-refractivity contribution < 1.29 is 0 Å². The van der Waals surface area contributed by atoms with Crippen LogP contribution in [0.5, 0.6) is 0 Å². The van der Waals surface area contributed by atoms with Crippen LogP contribution in [0.1, 0.15) is 113 Å². The minimum atomic E-state index is 0.678. The zero-order chi connectivity index (χ0) is 30.8. The molecule has 1 nitrogen and oxygen atoms in total. The van der Waals surface area contributed by atoms with Crippen molar-refractivity contribution in [3.63, 3.8) is 0 Å². The molecule has 0 heterocycles. The first-order valence-corrected chi connectivity index (χ1v) is 17.2. The molecule has 0 saturated heterocycles. The summed E-state index contributed by atoms with van der Waals surface area (Å²) in [5, 5.41) is 9.94. The van der Waals surface area contributed by atoms with Crippen LogP contribution in [0, 0.1) is 11.3 Å². The molecule has 0 aliphatic heterocycles. The first-order chi connectivity index (χ1) is 21.7. The smallest absolute Gasteiger partial charge is 0.0998 e. The number of allylic oxidation sites excluding steroid dienone is 1. The third-order valence-electron chi connectivity index (χ3n) is 8.75. The Morgan fingerprint density at radius 3 is 1.25 bits per heavy atom. The van der Waals surface area contributed by atoms with Crippen molar-refractivity contribution in [1.82, 2.24) is 0 Å². The van der Waals surface area contributed by atoms with Gasteiger partial charge in [-0.2, -0.15) is 5.26 Å². The van der Waals surface area contributed by atoms with Crippen LogP contribution in [0.2, 0.25) is 0 Å².